The predicted molar refractivity (Wildman–Crippen MR) is 73.1 cm³/mol. The summed E-state index contributed by atoms with van der Waals surface area (Å²) < 4.78 is 0. The van der Waals surface area contributed by atoms with Gasteiger partial charge in [-0.15, -0.1) is 0 Å². The van der Waals surface area contributed by atoms with Gasteiger partial charge in [-0.1, -0.05) is 36.4 Å². The van der Waals surface area contributed by atoms with Crippen molar-refractivity contribution in [3.63, 3.8) is 0 Å². The second-order valence-corrected chi connectivity index (χ2v) is 4.08. The van der Waals surface area contributed by atoms with Crippen LogP contribution in [0.1, 0.15) is 11.3 Å². The smallest absolute Gasteiger partial charge is 0.116 e. The van der Waals surface area contributed by atoms with Crippen LogP contribution in [0.5, 0.6) is 5.75 Å². The molecule has 3 rings (SSSR count). The van der Waals surface area contributed by atoms with E-state index in [-0.39, 0.29) is 5.75 Å². The number of hydrogen-bond donors (Lipinski definition) is 2. The monoisotopic (exact) mass is 236 g/mol. The Kier molecular flexibility index (Phi) is 2.57. The summed E-state index contributed by atoms with van der Waals surface area (Å²) in [5.74, 6) is 0.248. The summed E-state index contributed by atoms with van der Waals surface area (Å²) in [6.07, 6.45) is 3.94. The van der Waals surface area contributed by atoms with Crippen molar-refractivity contribution in [1.29, 1.82) is 0 Å². The first-order valence-electron chi connectivity index (χ1n) is 5.73. The molecular formula is C15H12N2O. The Bertz CT molecular complexity index is 699. The van der Waals surface area contributed by atoms with Crippen molar-refractivity contribution in [3.05, 3.63) is 59.8 Å². The van der Waals surface area contributed by atoms with Crippen LogP contribution in [0, 0.1) is 0 Å². The maximum Gasteiger partial charge on any atom is 0.116 e. The molecule has 88 valence electrons. The zero-order valence-corrected chi connectivity index (χ0v) is 9.67. The summed E-state index contributed by atoms with van der Waals surface area (Å²) in [5, 5.41) is 17.6. The van der Waals surface area contributed by atoms with Gasteiger partial charge in [0.05, 0.1) is 11.2 Å². The number of nitrogens with one attached hydrogen (secondary N) is 1. The molecule has 0 aliphatic heterocycles. The Balaban J connectivity index is 2.00. The van der Waals surface area contributed by atoms with Crippen LogP contribution in [0.2, 0.25) is 0 Å². The molecule has 0 fully saturated rings. The molecule has 0 atom stereocenters. The first kappa shape index (κ1) is 10.6. The van der Waals surface area contributed by atoms with Crippen LogP contribution in [0.25, 0.3) is 23.1 Å². The number of phenolic OH excluding ortho intramolecular Hbond substituents is 1. The second kappa shape index (κ2) is 4.37. The molecule has 1 aromatic heterocycles. The number of hydrogen-bond acceptors (Lipinski definition) is 2. The number of nitrogens with zero attached hydrogens (tertiary/aromatic N) is 1. The van der Waals surface area contributed by atoms with Crippen molar-refractivity contribution in [1.82, 2.24) is 10.2 Å². The molecular weight excluding hydrogens is 224 g/mol. The fraction of sp³-hybridized carbons (Fsp3) is 0. The minimum atomic E-state index is 0.248. The van der Waals surface area contributed by atoms with E-state index in [2.05, 4.69) is 10.2 Å². The zero-order chi connectivity index (χ0) is 12.4. The Morgan fingerprint density at radius 1 is 1.00 bits per heavy atom. The minimum absolute atomic E-state index is 0.248. The van der Waals surface area contributed by atoms with E-state index < -0.39 is 0 Å². The van der Waals surface area contributed by atoms with Gasteiger partial charge in [-0.25, -0.2) is 0 Å². The summed E-state index contributed by atoms with van der Waals surface area (Å²) in [7, 11) is 0. The third-order valence-electron chi connectivity index (χ3n) is 2.81. The third kappa shape index (κ3) is 1.98. The lowest BCUT2D eigenvalue weighted by atomic mass is 10.1. The molecule has 3 nitrogen and oxygen atoms in total. The lowest BCUT2D eigenvalue weighted by molar-refractivity contribution is 0.476. The van der Waals surface area contributed by atoms with E-state index in [4.69, 9.17) is 0 Å². The highest BCUT2D eigenvalue weighted by molar-refractivity contribution is 5.90. The zero-order valence-electron chi connectivity index (χ0n) is 9.67. The average Bonchev–Trinajstić information content (AvgIpc) is 2.80. The largest absolute Gasteiger partial charge is 0.508 e. The van der Waals surface area contributed by atoms with Crippen molar-refractivity contribution < 1.29 is 5.11 Å². The Morgan fingerprint density at radius 2 is 1.83 bits per heavy atom. The normalized spacial score (nSPS) is 11.3. The molecule has 0 aliphatic rings. The molecule has 0 radical (unpaired) electrons. The van der Waals surface area contributed by atoms with E-state index >= 15 is 0 Å². The molecule has 3 heteroatoms. The molecule has 18 heavy (non-hydrogen) atoms. The first-order valence-corrected chi connectivity index (χ1v) is 5.73. The second-order valence-electron chi connectivity index (χ2n) is 4.08. The molecule has 0 spiro atoms. The molecule has 1 heterocycles. The molecule has 0 aliphatic carbocycles. The lowest BCUT2D eigenvalue weighted by Crippen LogP contribution is -1.73. The highest BCUT2D eigenvalue weighted by Gasteiger charge is 2.03. The Hall–Kier alpha value is -2.55. The number of aromatic amines is 1. The van der Waals surface area contributed by atoms with Gasteiger partial charge in [0.1, 0.15) is 5.75 Å². The van der Waals surface area contributed by atoms with E-state index in [9.17, 15) is 5.11 Å². The van der Waals surface area contributed by atoms with Crippen molar-refractivity contribution in [2.24, 2.45) is 0 Å². The van der Waals surface area contributed by atoms with Crippen LogP contribution in [0.15, 0.2) is 48.5 Å². The predicted octanol–water partition coefficient (Wildman–Crippen LogP) is 3.44. The number of benzene rings is 2. The van der Waals surface area contributed by atoms with E-state index in [0.29, 0.717) is 0 Å². The van der Waals surface area contributed by atoms with E-state index in [1.54, 1.807) is 12.1 Å². The van der Waals surface area contributed by atoms with Gasteiger partial charge in [0.2, 0.25) is 0 Å². The van der Waals surface area contributed by atoms with Crippen molar-refractivity contribution >= 4 is 23.1 Å². The number of rotatable bonds is 2. The Labute approximate surface area is 104 Å². The number of H-pyrrole nitrogens is 1. The van der Waals surface area contributed by atoms with Crippen molar-refractivity contribution in [2.75, 3.05) is 0 Å². The maximum atomic E-state index is 9.49. The molecule has 3 aromatic rings. The van der Waals surface area contributed by atoms with Gasteiger partial charge in [0.15, 0.2) is 0 Å². The van der Waals surface area contributed by atoms with Gasteiger partial charge >= 0.3 is 0 Å². The molecule has 2 aromatic carbocycles. The van der Waals surface area contributed by atoms with E-state index in [1.807, 2.05) is 48.6 Å². The fourth-order valence-corrected chi connectivity index (χ4v) is 1.89. The van der Waals surface area contributed by atoms with Crippen molar-refractivity contribution in [3.8, 4) is 5.75 Å². The maximum absolute atomic E-state index is 9.49. The van der Waals surface area contributed by atoms with Crippen molar-refractivity contribution in [2.45, 2.75) is 0 Å². The quantitative estimate of drug-likeness (QED) is 0.716. The van der Waals surface area contributed by atoms with Crippen LogP contribution >= 0.6 is 0 Å². The highest BCUT2D eigenvalue weighted by Crippen LogP contribution is 2.22. The minimum Gasteiger partial charge on any atom is -0.508 e. The van der Waals surface area contributed by atoms with E-state index in [1.165, 1.54) is 0 Å². The topological polar surface area (TPSA) is 48.9 Å². The third-order valence-corrected chi connectivity index (χ3v) is 2.81. The number of fused-ring (bicyclic) bond motifs is 1. The summed E-state index contributed by atoms with van der Waals surface area (Å²) >= 11 is 0. The summed E-state index contributed by atoms with van der Waals surface area (Å²) in [6.45, 7) is 0. The SMILES string of the molecule is Oc1ccc2[nH]nc(/C=C/c3ccccc3)c2c1. The number of phenols is 1. The standard InChI is InChI=1S/C15H12N2O/c18-12-7-9-15-13(10-12)14(16-17-15)8-6-11-4-2-1-3-5-11/h1-10,18H,(H,16,17)/b8-6+. The van der Waals surface area contributed by atoms with Gasteiger partial charge in [0.25, 0.3) is 0 Å². The van der Waals surface area contributed by atoms with E-state index in [0.717, 1.165) is 22.2 Å². The van der Waals surface area contributed by atoms with Crippen LogP contribution in [-0.2, 0) is 0 Å². The summed E-state index contributed by atoms with van der Waals surface area (Å²) in [4.78, 5) is 0. The average molecular weight is 236 g/mol. The molecule has 0 unspecified atom stereocenters. The molecule has 0 bridgehead atoms. The first-order chi connectivity index (χ1) is 8.83. The molecule has 0 saturated carbocycles. The lowest BCUT2D eigenvalue weighted by Gasteiger charge is -1.93. The van der Waals surface area contributed by atoms with Gasteiger partial charge in [-0.2, -0.15) is 5.10 Å². The highest BCUT2D eigenvalue weighted by atomic mass is 16.3. The van der Waals surface area contributed by atoms with Crippen LogP contribution < -0.4 is 0 Å². The molecule has 0 saturated heterocycles. The summed E-state index contributed by atoms with van der Waals surface area (Å²) in [5.41, 5.74) is 2.86. The summed E-state index contributed by atoms with van der Waals surface area (Å²) in [6, 6.07) is 15.2. The fourth-order valence-electron chi connectivity index (χ4n) is 1.89. The van der Waals surface area contributed by atoms with Gasteiger partial charge in [-0.05, 0) is 29.8 Å². The van der Waals surface area contributed by atoms with Crippen LogP contribution in [-0.4, -0.2) is 15.3 Å². The Morgan fingerprint density at radius 3 is 2.67 bits per heavy atom. The van der Waals surface area contributed by atoms with Gasteiger partial charge in [-0.3, -0.25) is 5.10 Å². The van der Waals surface area contributed by atoms with Crippen LogP contribution in [0.3, 0.4) is 0 Å². The van der Waals surface area contributed by atoms with Gasteiger partial charge < -0.3 is 5.11 Å². The van der Waals surface area contributed by atoms with Gasteiger partial charge in [0, 0.05) is 5.39 Å². The molecule has 2 N–H and O–H groups in total. The number of aromatic nitrogens is 2. The molecule has 0 amide bonds. The number of aromatic hydroxyl groups is 1. The van der Waals surface area contributed by atoms with Crippen LogP contribution in [0.4, 0.5) is 0 Å².